The van der Waals surface area contributed by atoms with Crippen LogP contribution in [0.2, 0.25) is 0 Å². The Balaban J connectivity index is 2.18. The smallest absolute Gasteiger partial charge is 0.161 e. The molecule has 0 saturated heterocycles. The Kier molecular flexibility index (Phi) is 3.37. The maximum Gasteiger partial charge on any atom is 0.161 e. The van der Waals surface area contributed by atoms with Crippen LogP contribution in [0.5, 0.6) is 0 Å². The van der Waals surface area contributed by atoms with Gasteiger partial charge in [-0.15, -0.1) is 0 Å². The molecule has 0 radical (unpaired) electrons. The normalized spacial score (nSPS) is 14.0. The molecule has 0 bridgehead atoms. The van der Waals surface area contributed by atoms with Gasteiger partial charge in [0.2, 0.25) is 0 Å². The number of nitrogens with zero attached hydrogens (tertiary/aromatic N) is 4. The highest BCUT2D eigenvalue weighted by Crippen LogP contribution is 2.33. The number of hydrogen-bond donors (Lipinski definition) is 1. The first-order valence-corrected chi connectivity index (χ1v) is 6.99. The predicted octanol–water partition coefficient (Wildman–Crippen LogP) is 2.10. The quantitative estimate of drug-likeness (QED) is 0.939. The number of fused-ring (bicyclic) bond motifs is 1. The van der Waals surface area contributed by atoms with Gasteiger partial charge in [-0.1, -0.05) is 6.92 Å². The molecule has 2 N–H and O–H groups in total. The number of rotatable bonds is 3. The predicted molar refractivity (Wildman–Crippen MR) is 79.3 cm³/mol. The van der Waals surface area contributed by atoms with E-state index in [1.807, 2.05) is 6.20 Å². The molecule has 1 aliphatic heterocycles. The van der Waals surface area contributed by atoms with Crippen molar-refractivity contribution in [1.29, 1.82) is 0 Å². The summed E-state index contributed by atoms with van der Waals surface area (Å²) in [6, 6.07) is 3.18. The van der Waals surface area contributed by atoms with E-state index in [1.165, 1.54) is 12.4 Å². The van der Waals surface area contributed by atoms with Crippen LogP contribution in [0.1, 0.15) is 24.5 Å². The minimum absolute atomic E-state index is 0.295. The third-order valence-electron chi connectivity index (χ3n) is 3.70. The van der Waals surface area contributed by atoms with Crippen LogP contribution in [0.4, 0.5) is 4.39 Å². The molecule has 0 unspecified atom stereocenters. The summed E-state index contributed by atoms with van der Waals surface area (Å²) in [5, 5.41) is 4.04. The van der Waals surface area contributed by atoms with Crippen molar-refractivity contribution in [3.05, 3.63) is 41.6 Å². The van der Waals surface area contributed by atoms with E-state index in [4.69, 9.17) is 5.73 Å². The molecule has 0 atom stereocenters. The Morgan fingerprint density at radius 1 is 1.38 bits per heavy atom. The third kappa shape index (κ3) is 2.26. The zero-order chi connectivity index (χ0) is 15.0. The van der Waals surface area contributed by atoms with Gasteiger partial charge in [0.25, 0.3) is 0 Å². The molecule has 0 spiro atoms. The lowest BCUT2D eigenvalue weighted by Gasteiger charge is -2.28. The summed E-state index contributed by atoms with van der Waals surface area (Å²) < 4.78 is 16.0. The highest BCUT2D eigenvalue weighted by molar-refractivity contribution is 5.75. The second kappa shape index (κ2) is 5.20. The van der Waals surface area contributed by atoms with E-state index < -0.39 is 0 Å². The third-order valence-corrected chi connectivity index (χ3v) is 3.70. The summed E-state index contributed by atoms with van der Waals surface area (Å²) in [4.78, 5) is 6.29. The lowest BCUT2D eigenvalue weighted by atomic mass is 9.95. The highest BCUT2D eigenvalue weighted by Gasteiger charge is 2.24. The van der Waals surface area contributed by atoms with Gasteiger partial charge in [0, 0.05) is 31.9 Å². The summed E-state index contributed by atoms with van der Waals surface area (Å²) in [6.45, 7) is 3.62. The number of hydrogen-bond acceptors (Lipinski definition) is 4. The van der Waals surface area contributed by atoms with Crippen molar-refractivity contribution in [2.75, 3.05) is 6.54 Å². The fraction of sp³-hybridized carbons (Fsp3) is 0.333. The maximum atomic E-state index is 14.4. The molecule has 1 aliphatic rings. The van der Waals surface area contributed by atoms with Crippen molar-refractivity contribution in [1.82, 2.24) is 19.7 Å². The summed E-state index contributed by atoms with van der Waals surface area (Å²) in [5.41, 5.74) is 9.03. The standard InChI is InChI=1S/C15H18FN5/c1-3-6-21-7-11-10(13(17)8-21)4-5-12(16)14(11)15-18-9-19-20(15)2/h4-5,8-9H,3,6-7,17H2,1-2H3. The number of aryl methyl sites for hydroxylation is 1. The van der Waals surface area contributed by atoms with E-state index in [-0.39, 0.29) is 5.82 Å². The van der Waals surface area contributed by atoms with Crippen molar-refractivity contribution < 1.29 is 4.39 Å². The summed E-state index contributed by atoms with van der Waals surface area (Å²) >= 11 is 0. The van der Waals surface area contributed by atoms with Gasteiger partial charge in [-0.2, -0.15) is 5.10 Å². The monoisotopic (exact) mass is 287 g/mol. The van der Waals surface area contributed by atoms with E-state index in [0.717, 1.165) is 24.1 Å². The zero-order valence-corrected chi connectivity index (χ0v) is 12.2. The van der Waals surface area contributed by atoms with E-state index in [2.05, 4.69) is 21.9 Å². The number of halogens is 1. The van der Waals surface area contributed by atoms with Crippen LogP contribution in [0.15, 0.2) is 24.7 Å². The average Bonchev–Trinajstić information content (AvgIpc) is 2.85. The lowest BCUT2D eigenvalue weighted by molar-refractivity contribution is 0.364. The SMILES string of the molecule is CCCN1C=C(N)c2ccc(F)c(-c3ncnn3C)c2C1. The van der Waals surface area contributed by atoms with Crippen LogP contribution in [-0.2, 0) is 13.6 Å². The molecule has 0 saturated carbocycles. The Bertz CT molecular complexity index is 704. The minimum atomic E-state index is -0.295. The second-order valence-corrected chi connectivity index (χ2v) is 5.21. The van der Waals surface area contributed by atoms with Crippen LogP contribution >= 0.6 is 0 Å². The fourth-order valence-electron chi connectivity index (χ4n) is 2.76. The van der Waals surface area contributed by atoms with Crippen molar-refractivity contribution in [3.8, 4) is 11.4 Å². The van der Waals surface area contributed by atoms with Gasteiger partial charge in [0.05, 0.1) is 11.3 Å². The Morgan fingerprint density at radius 2 is 2.19 bits per heavy atom. The Labute approximate surface area is 122 Å². The molecule has 6 heteroatoms. The van der Waals surface area contributed by atoms with Crippen molar-refractivity contribution in [3.63, 3.8) is 0 Å². The largest absolute Gasteiger partial charge is 0.397 e. The van der Waals surface area contributed by atoms with Crippen LogP contribution in [0.25, 0.3) is 17.1 Å². The molecule has 0 fully saturated rings. The number of aromatic nitrogens is 3. The first-order chi connectivity index (χ1) is 10.1. The van der Waals surface area contributed by atoms with Crippen LogP contribution in [-0.4, -0.2) is 26.2 Å². The van der Waals surface area contributed by atoms with Crippen LogP contribution < -0.4 is 5.73 Å². The van der Waals surface area contributed by atoms with Crippen LogP contribution in [0, 0.1) is 5.82 Å². The fourth-order valence-corrected chi connectivity index (χ4v) is 2.76. The van der Waals surface area contributed by atoms with E-state index in [9.17, 15) is 4.39 Å². The molecule has 21 heavy (non-hydrogen) atoms. The first kappa shape index (κ1) is 13.6. The van der Waals surface area contributed by atoms with Gasteiger partial charge in [0.15, 0.2) is 5.82 Å². The molecule has 1 aromatic carbocycles. The first-order valence-electron chi connectivity index (χ1n) is 6.99. The summed E-state index contributed by atoms with van der Waals surface area (Å²) in [5.74, 6) is 0.228. The highest BCUT2D eigenvalue weighted by atomic mass is 19.1. The van der Waals surface area contributed by atoms with Gasteiger partial charge in [-0.25, -0.2) is 14.1 Å². The molecule has 0 amide bonds. The van der Waals surface area contributed by atoms with E-state index >= 15 is 0 Å². The summed E-state index contributed by atoms with van der Waals surface area (Å²) in [7, 11) is 1.76. The molecule has 2 heterocycles. The van der Waals surface area contributed by atoms with Gasteiger partial charge in [-0.3, -0.25) is 0 Å². The second-order valence-electron chi connectivity index (χ2n) is 5.21. The lowest BCUT2D eigenvalue weighted by Crippen LogP contribution is -2.25. The topological polar surface area (TPSA) is 60.0 Å². The molecule has 3 rings (SSSR count). The van der Waals surface area contributed by atoms with E-state index in [1.54, 1.807) is 17.8 Å². The molecule has 0 aliphatic carbocycles. The maximum absolute atomic E-state index is 14.4. The average molecular weight is 287 g/mol. The number of benzene rings is 1. The van der Waals surface area contributed by atoms with Gasteiger partial charge in [-0.05, 0) is 24.1 Å². The van der Waals surface area contributed by atoms with Gasteiger partial charge in [0.1, 0.15) is 12.1 Å². The van der Waals surface area contributed by atoms with Gasteiger partial charge < -0.3 is 10.6 Å². The molecular formula is C15H18FN5. The Hall–Kier alpha value is -2.37. The van der Waals surface area contributed by atoms with Crippen molar-refractivity contribution in [2.45, 2.75) is 19.9 Å². The zero-order valence-electron chi connectivity index (χ0n) is 12.2. The molecule has 110 valence electrons. The van der Waals surface area contributed by atoms with Crippen molar-refractivity contribution >= 4 is 5.70 Å². The van der Waals surface area contributed by atoms with Crippen LogP contribution in [0.3, 0.4) is 0 Å². The number of nitrogens with two attached hydrogens (primary N) is 1. The molecule has 2 aromatic rings. The van der Waals surface area contributed by atoms with Gasteiger partial charge >= 0.3 is 0 Å². The molecular weight excluding hydrogens is 269 g/mol. The molecule has 5 nitrogen and oxygen atoms in total. The Morgan fingerprint density at radius 3 is 2.86 bits per heavy atom. The van der Waals surface area contributed by atoms with Crippen molar-refractivity contribution in [2.24, 2.45) is 12.8 Å². The minimum Gasteiger partial charge on any atom is -0.397 e. The molecule has 1 aromatic heterocycles. The summed E-state index contributed by atoms with van der Waals surface area (Å²) in [6.07, 6.45) is 4.37. The van der Waals surface area contributed by atoms with E-state index in [0.29, 0.717) is 23.6 Å².